The number of benzene rings is 1. The highest BCUT2D eigenvalue weighted by Crippen LogP contribution is 2.22. The van der Waals surface area contributed by atoms with Gasteiger partial charge in [0.25, 0.3) is 0 Å². The van der Waals surface area contributed by atoms with Crippen molar-refractivity contribution >= 4 is 0 Å². The largest absolute Gasteiger partial charge is 0.497 e. The molecule has 100 valence electrons. The number of hydrogen-bond acceptors (Lipinski definition) is 2. The van der Waals surface area contributed by atoms with Crippen molar-refractivity contribution in [3.63, 3.8) is 0 Å². The monoisotopic (exact) mass is 247 g/mol. The Kier molecular flexibility index (Phi) is 5.06. The SMILES string of the molecule is CCC[C@H]1CCCN(Cc2ccc(OC)cc2)C1. The van der Waals surface area contributed by atoms with Crippen LogP contribution < -0.4 is 4.74 Å². The van der Waals surface area contributed by atoms with Gasteiger partial charge in [-0.05, 0) is 49.4 Å². The zero-order chi connectivity index (χ0) is 12.8. The van der Waals surface area contributed by atoms with Gasteiger partial charge in [0.2, 0.25) is 0 Å². The normalized spacial score (nSPS) is 20.9. The third-order valence-electron chi connectivity index (χ3n) is 3.87. The quantitative estimate of drug-likeness (QED) is 0.786. The Balaban J connectivity index is 1.87. The molecule has 1 fully saturated rings. The van der Waals surface area contributed by atoms with Gasteiger partial charge in [-0.3, -0.25) is 4.90 Å². The first-order valence-electron chi connectivity index (χ1n) is 7.17. The standard InChI is InChI=1S/C16H25NO/c1-3-5-14-6-4-11-17(12-14)13-15-7-9-16(18-2)10-8-15/h7-10,14H,3-6,11-13H2,1-2H3/t14-/m0/s1. The van der Waals surface area contributed by atoms with Gasteiger partial charge >= 0.3 is 0 Å². The lowest BCUT2D eigenvalue weighted by molar-refractivity contribution is 0.161. The number of nitrogens with zero attached hydrogens (tertiary/aromatic N) is 1. The van der Waals surface area contributed by atoms with Crippen molar-refractivity contribution in [1.82, 2.24) is 4.90 Å². The molecule has 0 bridgehead atoms. The molecule has 0 N–H and O–H groups in total. The summed E-state index contributed by atoms with van der Waals surface area (Å²) in [5.41, 5.74) is 1.40. The summed E-state index contributed by atoms with van der Waals surface area (Å²) in [6.07, 6.45) is 5.49. The fraction of sp³-hybridized carbons (Fsp3) is 0.625. The summed E-state index contributed by atoms with van der Waals surface area (Å²) >= 11 is 0. The van der Waals surface area contributed by atoms with Gasteiger partial charge in [-0.25, -0.2) is 0 Å². The highest BCUT2D eigenvalue weighted by molar-refractivity contribution is 5.27. The average molecular weight is 247 g/mol. The van der Waals surface area contributed by atoms with Crippen molar-refractivity contribution in [2.75, 3.05) is 20.2 Å². The molecule has 0 unspecified atom stereocenters. The van der Waals surface area contributed by atoms with E-state index in [9.17, 15) is 0 Å². The van der Waals surface area contributed by atoms with Crippen LogP contribution in [-0.2, 0) is 6.54 Å². The van der Waals surface area contributed by atoms with Crippen LogP contribution in [0.25, 0.3) is 0 Å². The van der Waals surface area contributed by atoms with E-state index >= 15 is 0 Å². The highest BCUT2D eigenvalue weighted by atomic mass is 16.5. The number of likely N-dealkylation sites (tertiary alicyclic amines) is 1. The van der Waals surface area contributed by atoms with E-state index in [1.165, 1.54) is 44.3 Å². The minimum atomic E-state index is 0.919. The molecule has 1 aromatic rings. The number of ether oxygens (including phenoxy) is 1. The predicted octanol–water partition coefficient (Wildman–Crippen LogP) is 3.71. The molecule has 0 saturated carbocycles. The zero-order valence-corrected chi connectivity index (χ0v) is 11.7. The van der Waals surface area contributed by atoms with Crippen LogP contribution >= 0.6 is 0 Å². The van der Waals surface area contributed by atoms with E-state index in [0.717, 1.165) is 18.2 Å². The van der Waals surface area contributed by atoms with Crippen molar-refractivity contribution in [2.45, 2.75) is 39.2 Å². The topological polar surface area (TPSA) is 12.5 Å². The van der Waals surface area contributed by atoms with Gasteiger partial charge in [0, 0.05) is 13.1 Å². The van der Waals surface area contributed by atoms with Gasteiger partial charge in [0.05, 0.1) is 7.11 Å². The van der Waals surface area contributed by atoms with Crippen LogP contribution in [0.4, 0.5) is 0 Å². The third kappa shape index (κ3) is 3.74. The first-order chi connectivity index (χ1) is 8.81. The lowest BCUT2D eigenvalue weighted by Gasteiger charge is -2.32. The van der Waals surface area contributed by atoms with Gasteiger partial charge in [-0.1, -0.05) is 25.5 Å². The fourth-order valence-corrected chi connectivity index (χ4v) is 2.93. The Morgan fingerprint density at radius 3 is 2.72 bits per heavy atom. The van der Waals surface area contributed by atoms with Crippen LogP contribution in [0.5, 0.6) is 5.75 Å². The fourth-order valence-electron chi connectivity index (χ4n) is 2.93. The van der Waals surface area contributed by atoms with Gasteiger partial charge in [-0.15, -0.1) is 0 Å². The first kappa shape index (κ1) is 13.4. The summed E-state index contributed by atoms with van der Waals surface area (Å²) in [5, 5.41) is 0. The Hall–Kier alpha value is -1.02. The molecule has 2 heteroatoms. The van der Waals surface area contributed by atoms with E-state index in [1.807, 2.05) is 0 Å². The Morgan fingerprint density at radius 2 is 2.06 bits per heavy atom. The summed E-state index contributed by atoms with van der Waals surface area (Å²) in [4.78, 5) is 2.60. The van der Waals surface area contributed by atoms with Gasteiger partial charge in [-0.2, -0.15) is 0 Å². The Bertz CT molecular complexity index is 345. The van der Waals surface area contributed by atoms with Gasteiger partial charge < -0.3 is 4.74 Å². The first-order valence-corrected chi connectivity index (χ1v) is 7.17. The van der Waals surface area contributed by atoms with E-state index < -0.39 is 0 Å². The summed E-state index contributed by atoms with van der Waals surface area (Å²) < 4.78 is 5.19. The smallest absolute Gasteiger partial charge is 0.118 e. The maximum absolute atomic E-state index is 5.19. The number of piperidine rings is 1. The second-order valence-corrected chi connectivity index (χ2v) is 5.38. The summed E-state index contributed by atoms with van der Waals surface area (Å²) in [7, 11) is 1.72. The number of rotatable bonds is 5. The molecule has 0 aliphatic carbocycles. The van der Waals surface area contributed by atoms with Gasteiger partial charge in [0.1, 0.15) is 5.75 Å². The molecule has 0 radical (unpaired) electrons. The molecular weight excluding hydrogens is 222 g/mol. The van der Waals surface area contributed by atoms with E-state index in [-0.39, 0.29) is 0 Å². The highest BCUT2D eigenvalue weighted by Gasteiger charge is 2.18. The molecule has 0 amide bonds. The summed E-state index contributed by atoms with van der Waals surface area (Å²) in [6.45, 7) is 5.92. The van der Waals surface area contributed by atoms with Crippen LogP contribution in [0.15, 0.2) is 24.3 Å². The molecule has 1 saturated heterocycles. The lowest BCUT2D eigenvalue weighted by Crippen LogP contribution is -2.34. The van der Waals surface area contributed by atoms with E-state index in [1.54, 1.807) is 7.11 Å². The van der Waals surface area contributed by atoms with Crippen LogP contribution in [-0.4, -0.2) is 25.1 Å². The van der Waals surface area contributed by atoms with E-state index in [4.69, 9.17) is 4.74 Å². The minimum Gasteiger partial charge on any atom is -0.497 e. The molecule has 18 heavy (non-hydrogen) atoms. The Labute approximate surface area is 111 Å². The van der Waals surface area contributed by atoms with E-state index in [2.05, 4.69) is 36.1 Å². The molecular formula is C16H25NO. The molecule has 0 spiro atoms. The average Bonchev–Trinajstić information content (AvgIpc) is 2.40. The summed E-state index contributed by atoms with van der Waals surface area (Å²) in [5.74, 6) is 1.86. The molecule has 2 rings (SSSR count). The molecule has 1 aliphatic heterocycles. The van der Waals surface area contributed by atoms with Crippen molar-refractivity contribution in [3.05, 3.63) is 29.8 Å². The van der Waals surface area contributed by atoms with Crippen molar-refractivity contribution in [1.29, 1.82) is 0 Å². The van der Waals surface area contributed by atoms with Crippen LogP contribution in [0, 0.1) is 5.92 Å². The maximum atomic E-state index is 5.19. The van der Waals surface area contributed by atoms with Crippen LogP contribution in [0.1, 0.15) is 38.2 Å². The van der Waals surface area contributed by atoms with Crippen molar-refractivity contribution < 1.29 is 4.74 Å². The van der Waals surface area contributed by atoms with Crippen LogP contribution in [0.2, 0.25) is 0 Å². The van der Waals surface area contributed by atoms with Crippen molar-refractivity contribution in [3.8, 4) is 5.75 Å². The third-order valence-corrected chi connectivity index (χ3v) is 3.87. The second kappa shape index (κ2) is 6.79. The molecule has 1 atom stereocenters. The zero-order valence-electron chi connectivity index (χ0n) is 11.7. The molecule has 1 aromatic carbocycles. The van der Waals surface area contributed by atoms with Crippen LogP contribution in [0.3, 0.4) is 0 Å². The van der Waals surface area contributed by atoms with Crippen molar-refractivity contribution in [2.24, 2.45) is 5.92 Å². The molecule has 1 heterocycles. The Morgan fingerprint density at radius 1 is 1.28 bits per heavy atom. The molecule has 0 aromatic heterocycles. The number of hydrogen-bond donors (Lipinski definition) is 0. The maximum Gasteiger partial charge on any atom is 0.118 e. The summed E-state index contributed by atoms with van der Waals surface area (Å²) in [6, 6.07) is 8.48. The number of methoxy groups -OCH3 is 1. The minimum absolute atomic E-state index is 0.919. The van der Waals surface area contributed by atoms with Gasteiger partial charge in [0.15, 0.2) is 0 Å². The predicted molar refractivity (Wildman–Crippen MR) is 75.9 cm³/mol. The molecule has 2 nitrogen and oxygen atoms in total. The second-order valence-electron chi connectivity index (χ2n) is 5.38. The van der Waals surface area contributed by atoms with E-state index in [0.29, 0.717) is 0 Å². The lowest BCUT2D eigenvalue weighted by atomic mass is 9.93. The molecule has 1 aliphatic rings.